The molecular formula is C19H27N3O3. The van der Waals surface area contributed by atoms with Gasteiger partial charge in [0.05, 0.1) is 18.5 Å². The number of nitrogens with zero attached hydrogens (tertiary/aromatic N) is 2. The third kappa shape index (κ3) is 5.99. The monoisotopic (exact) mass is 345 g/mol. The Kier molecular flexibility index (Phi) is 7.72. The van der Waals surface area contributed by atoms with Gasteiger partial charge in [-0.05, 0) is 26.0 Å². The van der Waals surface area contributed by atoms with Gasteiger partial charge in [-0.25, -0.2) is 4.79 Å². The maximum absolute atomic E-state index is 12.0. The zero-order valence-corrected chi connectivity index (χ0v) is 15.3. The number of allylic oxidation sites excluding steroid dienone is 1. The Morgan fingerprint density at radius 3 is 2.48 bits per heavy atom. The van der Waals surface area contributed by atoms with Gasteiger partial charge in [0.2, 0.25) is 0 Å². The summed E-state index contributed by atoms with van der Waals surface area (Å²) in [5.74, 6) is -0.0803. The van der Waals surface area contributed by atoms with Crippen LogP contribution < -0.4 is 5.69 Å². The molecule has 0 saturated heterocycles. The van der Waals surface area contributed by atoms with Crippen molar-refractivity contribution in [3.05, 3.63) is 57.9 Å². The minimum atomic E-state index is -0.289. The molecule has 1 aromatic heterocycles. The molecule has 1 heterocycles. The lowest BCUT2D eigenvalue weighted by atomic mass is 10.2. The predicted octanol–water partition coefficient (Wildman–Crippen LogP) is 3.70. The standard InChI is InChI=1S/C15H17N3O3.C4H10/c1-9(2)16-7-13-10(3)18(15(21)17-13)8-11-4-5-12(19)6-14(11)20;1-3-4-2/h4-7,19-20H,1,8H2,2-3H3,(H,17,21);3-4H2,1-2H3. The van der Waals surface area contributed by atoms with Crippen molar-refractivity contribution in [1.82, 2.24) is 9.55 Å². The first kappa shape index (κ1) is 20.3. The van der Waals surface area contributed by atoms with E-state index in [1.54, 1.807) is 26.1 Å². The number of rotatable bonds is 5. The third-order valence-corrected chi connectivity index (χ3v) is 3.59. The summed E-state index contributed by atoms with van der Waals surface area (Å²) in [6.45, 7) is 11.8. The molecule has 136 valence electrons. The number of nitrogens with one attached hydrogen (secondary N) is 1. The molecule has 0 aliphatic heterocycles. The number of aromatic hydroxyl groups is 2. The van der Waals surface area contributed by atoms with Crippen molar-refractivity contribution in [2.45, 2.75) is 47.1 Å². The molecule has 1 aromatic carbocycles. The SMILES string of the molecule is C=C(C)N=Cc1[nH]c(=O)n(Cc2ccc(O)cc2O)c1C.CCCC. The number of H-pyrrole nitrogens is 1. The number of aromatic nitrogens is 2. The van der Waals surface area contributed by atoms with Crippen LogP contribution in [-0.2, 0) is 6.54 Å². The molecule has 0 aliphatic rings. The number of imidazole rings is 1. The predicted molar refractivity (Wildman–Crippen MR) is 102 cm³/mol. The smallest absolute Gasteiger partial charge is 0.326 e. The van der Waals surface area contributed by atoms with Crippen molar-refractivity contribution < 1.29 is 10.2 Å². The summed E-state index contributed by atoms with van der Waals surface area (Å²) >= 11 is 0. The molecule has 0 saturated carbocycles. The lowest BCUT2D eigenvalue weighted by Gasteiger charge is -2.07. The van der Waals surface area contributed by atoms with Crippen molar-refractivity contribution in [3.63, 3.8) is 0 Å². The second-order valence-corrected chi connectivity index (χ2v) is 5.82. The van der Waals surface area contributed by atoms with E-state index in [-0.39, 0.29) is 23.7 Å². The van der Waals surface area contributed by atoms with Crippen LogP contribution in [0.1, 0.15) is 50.6 Å². The molecule has 0 amide bonds. The summed E-state index contributed by atoms with van der Waals surface area (Å²) < 4.78 is 1.49. The molecular weight excluding hydrogens is 318 g/mol. The second kappa shape index (κ2) is 9.52. The number of aromatic amines is 1. The van der Waals surface area contributed by atoms with Crippen LogP contribution in [0.2, 0.25) is 0 Å². The van der Waals surface area contributed by atoms with E-state index in [4.69, 9.17) is 0 Å². The number of aliphatic imine (C=N–C) groups is 1. The van der Waals surface area contributed by atoms with E-state index in [9.17, 15) is 15.0 Å². The van der Waals surface area contributed by atoms with E-state index in [0.29, 0.717) is 22.6 Å². The molecule has 2 rings (SSSR count). The highest BCUT2D eigenvalue weighted by Crippen LogP contribution is 2.23. The second-order valence-electron chi connectivity index (χ2n) is 5.82. The number of phenolic OH excluding ortho intramolecular Hbond substituents is 2. The zero-order valence-electron chi connectivity index (χ0n) is 15.3. The van der Waals surface area contributed by atoms with Gasteiger partial charge < -0.3 is 15.2 Å². The van der Waals surface area contributed by atoms with Gasteiger partial charge in [0.1, 0.15) is 11.5 Å². The fraction of sp³-hybridized carbons (Fsp3) is 0.368. The normalized spacial score (nSPS) is 10.6. The van der Waals surface area contributed by atoms with E-state index in [2.05, 4.69) is 30.4 Å². The van der Waals surface area contributed by atoms with E-state index in [0.717, 1.165) is 0 Å². The van der Waals surface area contributed by atoms with Gasteiger partial charge in [0.15, 0.2) is 0 Å². The highest BCUT2D eigenvalue weighted by molar-refractivity contribution is 5.79. The molecule has 0 bridgehead atoms. The number of unbranched alkanes of at least 4 members (excludes halogenated alkanes) is 1. The van der Waals surface area contributed by atoms with Crippen molar-refractivity contribution in [2.75, 3.05) is 0 Å². The highest BCUT2D eigenvalue weighted by Gasteiger charge is 2.11. The first-order valence-electron chi connectivity index (χ1n) is 8.29. The Bertz CT molecular complexity index is 799. The van der Waals surface area contributed by atoms with Gasteiger partial charge in [-0.3, -0.25) is 9.56 Å². The van der Waals surface area contributed by atoms with Crippen molar-refractivity contribution >= 4 is 6.21 Å². The lowest BCUT2D eigenvalue weighted by molar-refractivity contribution is 0.444. The third-order valence-electron chi connectivity index (χ3n) is 3.59. The van der Waals surface area contributed by atoms with Gasteiger partial charge in [0, 0.05) is 23.0 Å². The van der Waals surface area contributed by atoms with Crippen LogP contribution in [-0.4, -0.2) is 26.0 Å². The summed E-state index contributed by atoms with van der Waals surface area (Å²) in [6, 6.07) is 4.28. The summed E-state index contributed by atoms with van der Waals surface area (Å²) in [7, 11) is 0. The van der Waals surface area contributed by atoms with Crippen LogP contribution in [0.15, 0.2) is 40.3 Å². The van der Waals surface area contributed by atoms with Crippen LogP contribution in [0.4, 0.5) is 0 Å². The number of phenols is 2. The molecule has 6 heteroatoms. The topological polar surface area (TPSA) is 90.6 Å². The van der Waals surface area contributed by atoms with Gasteiger partial charge in [-0.15, -0.1) is 0 Å². The Hall–Kier alpha value is -2.76. The maximum atomic E-state index is 12.0. The fourth-order valence-electron chi connectivity index (χ4n) is 1.92. The summed E-state index contributed by atoms with van der Waals surface area (Å²) in [5.41, 5.74) is 2.20. The van der Waals surface area contributed by atoms with Gasteiger partial charge in [-0.2, -0.15) is 0 Å². The van der Waals surface area contributed by atoms with Crippen molar-refractivity contribution in [2.24, 2.45) is 4.99 Å². The molecule has 0 aliphatic carbocycles. The Balaban J connectivity index is 0.000000705. The van der Waals surface area contributed by atoms with E-state index in [1.807, 2.05) is 0 Å². The Morgan fingerprint density at radius 2 is 1.96 bits per heavy atom. The molecule has 0 fully saturated rings. The number of benzene rings is 1. The molecule has 2 aromatic rings. The van der Waals surface area contributed by atoms with E-state index < -0.39 is 0 Å². The van der Waals surface area contributed by atoms with E-state index in [1.165, 1.54) is 29.5 Å². The minimum absolute atomic E-state index is 0.0244. The largest absolute Gasteiger partial charge is 0.508 e. The molecule has 6 nitrogen and oxygen atoms in total. The summed E-state index contributed by atoms with van der Waals surface area (Å²) in [5, 5.41) is 19.1. The molecule has 25 heavy (non-hydrogen) atoms. The summed E-state index contributed by atoms with van der Waals surface area (Å²) in [6.07, 6.45) is 4.19. The zero-order chi connectivity index (χ0) is 19.0. The molecule has 0 atom stereocenters. The first-order valence-corrected chi connectivity index (χ1v) is 8.29. The fourth-order valence-corrected chi connectivity index (χ4v) is 1.92. The average Bonchev–Trinajstić information content (AvgIpc) is 2.83. The van der Waals surface area contributed by atoms with Crippen LogP contribution in [0.5, 0.6) is 11.5 Å². The number of hydrogen-bond donors (Lipinski definition) is 3. The Morgan fingerprint density at radius 1 is 1.32 bits per heavy atom. The van der Waals surface area contributed by atoms with Crippen LogP contribution >= 0.6 is 0 Å². The molecule has 3 N–H and O–H groups in total. The van der Waals surface area contributed by atoms with Crippen molar-refractivity contribution in [1.29, 1.82) is 0 Å². The van der Waals surface area contributed by atoms with Gasteiger partial charge in [0.25, 0.3) is 0 Å². The minimum Gasteiger partial charge on any atom is -0.508 e. The molecule has 0 spiro atoms. The highest BCUT2D eigenvalue weighted by atomic mass is 16.3. The van der Waals surface area contributed by atoms with Crippen LogP contribution in [0, 0.1) is 6.92 Å². The van der Waals surface area contributed by atoms with Crippen LogP contribution in [0.3, 0.4) is 0 Å². The average molecular weight is 345 g/mol. The lowest BCUT2D eigenvalue weighted by Crippen LogP contribution is -2.18. The maximum Gasteiger partial charge on any atom is 0.326 e. The Labute approximate surface area is 148 Å². The number of hydrogen-bond acceptors (Lipinski definition) is 4. The summed E-state index contributed by atoms with van der Waals surface area (Å²) in [4.78, 5) is 18.7. The van der Waals surface area contributed by atoms with Gasteiger partial charge in [-0.1, -0.05) is 33.3 Å². The van der Waals surface area contributed by atoms with Gasteiger partial charge >= 0.3 is 5.69 Å². The quantitative estimate of drug-likeness (QED) is 0.722. The first-order chi connectivity index (χ1) is 11.8. The molecule has 0 radical (unpaired) electrons. The van der Waals surface area contributed by atoms with Crippen molar-refractivity contribution in [3.8, 4) is 11.5 Å². The van der Waals surface area contributed by atoms with E-state index >= 15 is 0 Å². The van der Waals surface area contributed by atoms with Crippen LogP contribution in [0.25, 0.3) is 0 Å². The molecule has 0 unspecified atom stereocenters.